The molecule has 0 saturated heterocycles. The van der Waals surface area contributed by atoms with Gasteiger partial charge in [-0.2, -0.15) is 0 Å². The maximum absolute atomic E-state index is 13.8. The molecule has 0 aliphatic heterocycles. The van der Waals surface area contributed by atoms with E-state index in [1.807, 2.05) is 30.3 Å². The van der Waals surface area contributed by atoms with Crippen molar-refractivity contribution in [1.29, 1.82) is 0 Å². The summed E-state index contributed by atoms with van der Waals surface area (Å²) in [6.45, 7) is 5.57. The molecule has 0 aliphatic carbocycles. The van der Waals surface area contributed by atoms with Crippen molar-refractivity contribution in [3.63, 3.8) is 0 Å². The summed E-state index contributed by atoms with van der Waals surface area (Å²) in [5, 5.41) is 5.40. The molecule has 7 heteroatoms. The maximum Gasteiger partial charge on any atom is 0.407 e. The lowest BCUT2D eigenvalue weighted by Gasteiger charge is -2.20. The summed E-state index contributed by atoms with van der Waals surface area (Å²) in [6, 6.07) is 17.7. The first-order valence-corrected chi connectivity index (χ1v) is 10.5. The highest BCUT2D eigenvalue weighted by Gasteiger charge is 2.16. The van der Waals surface area contributed by atoms with Gasteiger partial charge in [0.2, 0.25) is 0 Å². The van der Waals surface area contributed by atoms with Crippen LogP contribution in [0.2, 0.25) is 0 Å². The molecule has 172 valence electrons. The van der Waals surface area contributed by atoms with Crippen LogP contribution in [0.1, 0.15) is 42.3 Å². The molecule has 2 amide bonds. The number of hydrogen-bond donors (Lipinski definition) is 2. The Morgan fingerprint density at radius 3 is 2.30 bits per heavy atom. The molecule has 0 saturated carbocycles. The van der Waals surface area contributed by atoms with Crippen molar-refractivity contribution in [2.45, 2.75) is 39.5 Å². The average Bonchev–Trinajstić information content (AvgIpc) is 2.76. The van der Waals surface area contributed by atoms with Crippen molar-refractivity contribution >= 4 is 12.0 Å². The van der Waals surface area contributed by atoms with Gasteiger partial charge in [-0.05, 0) is 55.7 Å². The van der Waals surface area contributed by atoms with E-state index in [4.69, 9.17) is 4.74 Å². The van der Waals surface area contributed by atoms with Crippen LogP contribution in [0.15, 0.2) is 66.7 Å². The monoisotopic (exact) mass is 452 g/mol. The first-order chi connectivity index (χ1) is 15.6. The number of rotatable bonds is 6. The van der Waals surface area contributed by atoms with Crippen molar-refractivity contribution < 1.29 is 23.1 Å². The van der Waals surface area contributed by atoms with Crippen LogP contribution in [0.4, 0.5) is 13.6 Å². The quantitative estimate of drug-likeness (QED) is 0.513. The first-order valence-electron chi connectivity index (χ1n) is 10.5. The van der Waals surface area contributed by atoms with Crippen molar-refractivity contribution in [3.05, 3.63) is 95.1 Å². The fourth-order valence-corrected chi connectivity index (χ4v) is 3.21. The lowest BCUT2D eigenvalue weighted by molar-refractivity contribution is 0.0523. The summed E-state index contributed by atoms with van der Waals surface area (Å²) in [5.74, 6) is -1.77. The van der Waals surface area contributed by atoms with Crippen molar-refractivity contribution in [2.75, 3.05) is 0 Å². The van der Waals surface area contributed by atoms with E-state index in [0.29, 0.717) is 5.56 Å². The topological polar surface area (TPSA) is 67.4 Å². The van der Waals surface area contributed by atoms with Gasteiger partial charge in [-0.1, -0.05) is 42.5 Å². The van der Waals surface area contributed by atoms with E-state index in [-0.39, 0.29) is 24.6 Å². The zero-order valence-corrected chi connectivity index (χ0v) is 18.7. The molecule has 0 spiro atoms. The van der Waals surface area contributed by atoms with Crippen molar-refractivity contribution in [1.82, 2.24) is 10.6 Å². The summed E-state index contributed by atoms with van der Waals surface area (Å²) in [6.07, 6.45) is -0.515. The second-order valence-corrected chi connectivity index (χ2v) is 8.51. The molecule has 3 aromatic carbocycles. The Balaban J connectivity index is 1.72. The van der Waals surface area contributed by atoms with E-state index in [0.717, 1.165) is 28.8 Å². The Labute approximate surface area is 191 Å². The summed E-state index contributed by atoms with van der Waals surface area (Å²) >= 11 is 0. The van der Waals surface area contributed by atoms with Crippen LogP contribution in [-0.4, -0.2) is 17.6 Å². The molecule has 0 aliphatic rings. The molecule has 3 aromatic rings. The summed E-state index contributed by atoms with van der Waals surface area (Å²) in [5.41, 5.74) is 2.49. The number of halogens is 2. The number of carbonyl (C=O) groups excluding carboxylic acids is 2. The SMILES string of the molecule is CC(C)(C)OC(=O)NCc1ccccc1-c1cccc(C(=O)NCc2ccc(F)cc2F)c1. The number of nitrogens with one attached hydrogen (secondary N) is 2. The number of alkyl carbamates (subject to hydrolysis) is 1. The van der Waals surface area contributed by atoms with E-state index in [9.17, 15) is 18.4 Å². The van der Waals surface area contributed by atoms with Crippen LogP contribution >= 0.6 is 0 Å². The minimum absolute atomic E-state index is 0.0639. The largest absolute Gasteiger partial charge is 0.444 e. The summed E-state index contributed by atoms with van der Waals surface area (Å²) in [7, 11) is 0. The number of carbonyl (C=O) groups is 2. The van der Waals surface area contributed by atoms with E-state index in [1.54, 1.807) is 39.0 Å². The zero-order valence-electron chi connectivity index (χ0n) is 18.7. The molecule has 2 N–H and O–H groups in total. The fourth-order valence-electron chi connectivity index (χ4n) is 3.21. The molecule has 3 rings (SSSR count). The third-order valence-corrected chi connectivity index (χ3v) is 4.73. The first kappa shape index (κ1) is 23.9. The van der Waals surface area contributed by atoms with Gasteiger partial charge in [0.15, 0.2) is 0 Å². The third kappa shape index (κ3) is 6.87. The molecule has 0 fully saturated rings. The van der Waals surface area contributed by atoms with Crippen LogP contribution < -0.4 is 10.6 Å². The Bertz CT molecular complexity index is 1160. The lowest BCUT2D eigenvalue weighted by Crippen LogP contribution is -2.32. The zero-order chi connectivity index (χ0) is 24.0. The molecular formula is C26H26F2N2O3. The van der Waals surface area contributed by atoms with Gasteiger partial charge in [0.1, 0.15) is 17.2 Å². The Hall–Kier alpha value is -3.74. The molecule has 0 bridgehead atoms. The highest BCUT2D eigenvalue weighted by atomic mass is 19.1. The Morgan fingerprint density at radius 2 is 1.58 bits per heavy atom. The Kier molecular flexibility index (Phi) is 7.43. The smallest absolute Gasteiger partial charge is 0.407 e. The standard InChI is InChI=1S/C26H26F2N2O3/c1-26(2,3)33-25(32)30-15-19-7-4-5-10-22(19)17-8-6-9-18(13-17)24(31)29-16-20-11-12-21(27)14-23(20)28/h4-14H,15-16H2,1-3H3,(H,29,31)(H,30,32). The summed E-state index contributed by atoms with van der Waals surface area (Å²) < 4.78 is 32.2. The van der Waals surface area contributed by atoms with Gasteiger partial charge in [-0.15, -0.1) is 0 Å². The van der Waals surface area contributed by atoms with Gasteiger partial charge < -0.3 is 15.4 Å². The number of ether oxygens (including phenoxy) is 1. The van der Waals surface area contributed by atoms with E-state index < -0.39 is 23.3 Å². The van der Waals surface area contributed by atoms with Gasteiger partial charge in [-0.25, -0.2) is 13.6 Å². The molecule has 0 unspecified atom stereocenters. The third-order valence-electron chi connectivity index (χ3n) is 4.73. The molecule has 5 nitrogen and oxygen atoms in total. The van der Waals surface area contributed by atoms with Crippen molar-refractivity contribution in [3.8, 4) is 11.1 Å². The van der Waals surface area contributed by atoms with E-state index in [2.05, 4.69) is 10.6 Å². The van der Waals surface area contributed by atoms with Gasteiger partial charge in [0.05, 0.1) is 0 Å². The molecule has 0 atom stereocenters. The van der Waals surface area contributed by atoms with Gasteiger partial charge >= 0.3 is 6.09 Å². The average molecular weight is 453 g/mol. The maximum atomic E-state index is 13.8. The van der Waals surface area contributed by atoms with Crippen LogP contribution in [0.25, 0.3) is 11.1 Å². The molecule has 0 aromatic heterocycles. The van der Waals surface area contributed by atoms with Gasteiger partial charge in [0.25, 0.3) is 5.91 Å². The summed E-state index contributed by atoms with van der Waals surface area (Å²) in [4.78, 5) is 24.7. The van der Waals surface area contributed by atoms with Crippen LogP contribution in [0.5, 0.6) is 0 Å². The molecule has 0 heterocycles. The van der Waals surface area contributed by atoms with Gasteiger partial charge in [-0.3, -0.25) is 4.79 Å². The minimum atomic E-state index is -0.713. The second-order valence-electron chi connectivity index (χ2n) is 8.51. The lowest BCUT2D eigenvalue weighted by atomic mass is 9.98. The van der Waals surface area contributed by atoms with Crippen LogP contribution in [0, 0.1) is 11.6 Å². The second kappa shape index (κ2) is 10.3. The van der Waals surface area contributed by atoms with E-state index in [1.165, 1.54) is 6.07 Å². The molecular weight excluding hydrogens is 426 g/mol. The fraction of sp³-hybridized carbons (Fsp3) is 0.231. The predicted molar refractivity (Wildman–Crippen MR) is 122 cm³/mol. The molecule has 33 heavy (non-hydrogen) atoms. The predicted octanol–water partition coefficient (Wildman–Crippen LogP) is 5.59. The number of amides is 2. The van der Waals surface area contributed by atoms with Crippen LogP contribution in [0.3, 0.4) is 0 Å². The minimum Gasteiger partial charge on any atom is -0.444 e. The number of benzene rings is 3. The highest BCUT2D eigenvalue weighted by molar-refractivity contribution is 5.95. The number of hydrogen-bond acceptors (Lipinski definition) is 3. The molecule has 0 radical (unpaired) electrons. The van der Waals surface area contributed by atoms with E-state index >= 15 is 0 Å². The van der Waals surface area contributed by atoms with Crippen LogP contribution in [-0.2, 0) is 17.8 Å². The van der Waals surface area contributed by atoms with Gasteiger partial charge in [0, 0.05) is 30.3 Å². The Morgan fingerprint density at radius 1 is 0.848 bits per heavy atom. The van der Waals surface area contributed by atoms with Crippen molar-refractivity contribution in [2.24, 2.45) is 0 Å². The highest BCUT2D eigenvalue weighted by Crippen LogP contribution is 2.25. The normalized spacial score (nSPS) is 11.1.